The van der Waals surface area contributed by atoms with Crippen LogP contribution in [-0.4, -0.2) is 14.4 Å². The van der Waals surface area contributed by atoms with Gasteiger partial charge in [-0.25, -0.2) is 0 Å². The summed E-state index contributed by atoms with van der Waals surface area (Å²) in [7, 11) is -3.88. The van der Waals surface area contributed by atoms with Gasteiger partial charge in [0, 0.05) is 0 Å². The molecular formula is C7H10N4O2S. The lowest BCUT2D eigenvalue weighted by molar-refractivity contribution is 0.598. The fourth-order valence-electron chi connectivity index (χ4n) is 0.903. The van der Waals surface area contributed by atoms with Crippen LogP contribution in [0.3, 0.4) is 0 Å². The molecule has 0 heterocycles. The van der Waals surface area contributed by atoms with Crippen LogP contribution in [0.1, 0.15) is 0 Å². The molecule has 1 aromatic rings. The minimum atomic E-state index is -3.88. The lowest BCUT2D eigenvalue weighted by Gasteiger charge is -2.01. The average Bonchev–Trinajstić information content (AvgIpc) is 2.02. The number of nitrogens with zero attached hydrogens (tertiary/aromatic N) is 1. The van der Waals surface area contributed by atoms with Crippen LogP contribution < -0.4 is 17.2 Å². The van der Waals surface area contributed by atoms with Crippen molar-refractivity contribution >= 4 is 21.7 Å². The molecule has 0 unspecified atom stereocenters. The van der Waals surface area contributed by atoms with Crippen molar-refractivity contribution in [2.24, 2.45) is 15.9 Å². The van der Waals surface area contributed by atoms with Crippen molar-refractivity contribution < 1.29 is 8.42 Å². The van der Waals surface area contributed by atoms with Crippen LogP contribution in [0.25, 0.3) is 0 Å². The topological polar surface area (TPSA) is 125 Å². The minimum absolute atomic E-state index is 0.103. The molecule has 1 aromatic carbocycles. The fourth-order valence-corrected chi connectivity index (χ4v) is 1.90. The van der Waals surface area contributed by atoms with Gasteiger partial charge in [0.05, 0.1) is 5.69 Å². The van der Waals surface area contributed by atoms with Crippen LogP contribution in [0.15, 0.2) is 33.6 Å². The first kappa shape index (κ1) is 10.3. The van der Waals surface area contributed by atoms with Crippen LogP contribution in [0.5, 0.6) is 0 Å². The number of nitrogens with two attached hydrogens (primary N) is 3. The fraction of sp³-hybridized carbons (Fsp3) is 0. The second-order valence-electron chi connectivity index (χ2n) is 2.53. The van der Waals surface area contributed by atoms with Crippen molar-refractivity contribution in [1.29, 1.82) is 0 Å². The quantitative estimate of drug-likeness (QED) is 0.338. The Morgan fingerprint density at radius 1 is 1.21 bits per heavy atom. The number of anilines is 1. The second-order valence-corrected chi connectivity index (χ2v) is 4.10. The summed E-state index contributed by atoms with van der Waals surface area (Å²) in [6.45, 7) is 0. The van der Waals surface area contributed by atoms with Crippen molar-refractivity contribution in [3.8, 4) is 0 Å². The van der Waals surface area contributed by atoms with Crippen LogP contribution in [0.2, 0.25) is 0 Å². The Hall–Kier alpha value is -1.76. The van der Waals surface area contributed by atoms with E-state index in [1.54, 1.807) is 6.07 Å². The van der Waals surface area contributed by atoms with E-state index in [0.717, 1.165) is 0 Å². The Balaban J connectivity index is 3.32. The standard InChI is InChI=1S/C7H10N4O2S/c8-5-3-1-2-4-6(5)14(12,13)11-7(9)10/h1-4H,8H2,(H4,9,10,11). The van der Waals surface area contributed by atoms with Crippen molar-refractivity contribution in [3.05, 3.63) is 24.3 Å². The summed E-state index contributed by atoms with van der Waals surface area (Å²) in [4.78, 5) is -0.103. The number of nitrogen functional groups attached to an aromatic ring is 1. The molecule has 6 N–H and O–H groups in total. The highest BCUT2D eigenvalue weighted by Gasteiger charge is 2.15. The van der Waals surface area contributed by atoms with Crippen LogP contribution in [-0.2, 0) is 10.0 Å². The molecule has 7 heteroatoms. The molecule has 0 saturated heterocycles. The molecule has 0 aliphatic rings. The number of para-hydroxylation sites is 1. The van der Waals surface area contributed by atoms with E-state index in [1.165, 1.54) is 18.2 Å². The molecular weight excluding hydrogens is 204 g/mol. The van der Waals surface area contributed by atoms with Gasteiger partial charge in [0.1, 0.15) is 4.90 Å². The van der Waals surface area contributed by atoms with Crippen molar-refractivity contribution in [2.75, 3.05) is 5.73 Å². The van der Waals surface area contributed by atoms with E-state index in [1.807, 2.05) is 0 Å². The molecule has 14 heavy (non-hydrogen) atoms. The minimum Gasteiger partial charge on any atom is -0.398 e. The summed E-state index contributed by atoms with van der Waals surface area (Å²) in [5.41, 5.74) is 15.5. The molecule has 0 radical (unpaired) electrons. The highest BCUT2D eigenvalue weighted by Crippen LogP contribution is 2.18. The van der Waals surface area contributed by atoms with Crippen molar-refractivity contribution in [1.82, 2.24) is 0 Å². The Morgan fingerprint density at radius 3 is 2.29 bits per heavy atom. The van der Waals surface area contributed by atoms with E-state index in [2.05, 4.69) is 4.40 Å². The number of hydrogen-bond acceptors (Lipinski definition) is 3. The summed E-state index contributed by atoms with van der Waals surface area (Å²) >= 11 is 0. The smallest absolute Gasteiger partial charge is 0.287 e. The van der Waals surface area contributed by atoms with Gasteiger partial charge in [-0.15, -0.1) is 4.40 Å². The van der Waals surface area contributed by atoms with E-state index in [9.17, 15) is 8.42 Å². The highest BCUT2D eigenvalue weighted by atomic mass is 32.2. The Bertz CT molecular complexity index is 462. The van der Waals surface area contributed by atoms with E-state index in [4.69, 9.17) is 17.2 Å². The molecule has 0 spiro atoms. The molecule has 0 fully saturated rings. The zero-order valence-corrected chi connectivity index (χ0v) is 8.03. The molecule has 0 amide bonds. The number of guanidine groups is 1. The van der Waals surface area contributed by atoms with Gasteiger partial charge >= 0.3 is 0 Å². The zero-order chi connectivity index (χ0) is 10.8. The Kier molecular flexibility index (Phi) is 2.61. The number of rotatable bonds is 2. The largest absolute Gasteiger partial charge is 0.398 e. The lowest BCUT2D eigenvalue weighted by Crippen LogP contribution is -2.24. The SMILES string of the molecule is NC(N)=NS(=O)(=O)c1ccccc1N. The third-order valence-corrected chi connectivity index (χ3v) is 2.80. The van der Waals surface area contributed by atoms with E-state index in [0.29, 0.717) is 0 Å². The highest BCUT2D eigenvalue weighted by molar-refractivity contribution is 7.90. The van der Waals surface area contributed by atoms with Gasteiger partial charge in [-0.2, -0.15) is 8.42 Å². The third kappa shape index (κ3) is 2.13. The summed E-state index contributed by atoms with van der Waals surface area (Å²) in [5, 5.41) is 0. The van der Waals surface area contributed by atoms with Crippen LogP contribution in [0, 0.1) is 0 Å². The molecule has 6 nitrogen and oxygen atoms in total. The predicted molar refractivity (Wildman–Crippen MR) is 53.9 cm³/mol. The summed E-state index contributed by atoms with van der Waals surface area (Å²) in [6, 6.07) is 5.93. The second kappa shape index (κ2) is 3.54. The molecule has 1 rings (SSSR count). The molecule has 0 aliphatic carbocycles. The molecule has 0 aliphatic heterocycles. The molecule has 0 aromatic heterocycles. The summed E-state index contributed by atoms with van der Waals surface area (Å²) in [6.07, 6.45) is 0. The molecule has 76 valence electrons. The zero-order valence-electron chi connectivity index (χ0n) is 7.21. The predicted octanol–water partition coefficient (Wildman–Crippen LogP) is -0.769. The van der Waals surface area contributed by atoms with E-state index >= 15 is 0 Å². The molecule has 0 bridgehead atoms. The van der Waals surface area contributed by atoms with Gasteiger partial charge in [0.2, 0.25) is 5.96 Å². The number of sulfonamides is 1. The third-order valence-electron chi connectivity index (χ3n) is 1.42. The molecule has 0 saturated carbocycles. The Morgan fingerprint density at radius 2 is 1.79 bits per heavy atom. The Labute approximate surface area is 81.5 Å². The van der Waals surface area contributed by atoms with Gasteiger partial charge in [-0.1, -0.05) is 12.1 Å². The monoisotopic (exact) mass is 214 g/mol. The van der Waals surface area contributed by atoms with Crippen LogP contribution >= 0.6 is 0 Å². The number of benzene rings is 1. The maximum atomic E-state index is 11.4. The first-order chi connectivity index (χ1) is 6.43. The first-order valence-corrected chi connectivity index (χ1v) is 5.08. The first-order valence-electron chi connectivity index (χ1n) is 3.64. The van der Waals surface area contributed by atoms with E-state index < -0.39 is 16.0 Å². The lowest BCUT2D eigenvalue weighted by atomic mass is 10.3. The van der Waals surface area contributed by atoms with Gasteiger partial charge in [0.15, 0.2) is 0 Å². The average molecular weight is 214 g/mol. The van der Waals surface area contributed by atoms with Crippen molar-refractivity contribution in [2.45, 2.75) is 4.90 Å². The van der Waals surface area contributed by atoms with Gasteiger partial charge < -0.3 is 17.2 Å². The van der Waals surface area contributed by atoms with Crippen molar-refractivity contribution in [3.63, 3.8) is 0 Å². The maximum Gasteiger partial charge on any atom is 0.287 e. The summed E-state index contributed by atoms with van der Waals surface area (Å²) < 4.78 is 26.0. The summed E-state index contributed by atoms with van der Waals surface area (Å²) in [5.74, 6) is -0.520. The van der Waals surface area contributed by atoms with Gasteiger partial charge in [0.25, 0.3) is 10.0 Å². The normalized spacial score (nSPS) is 10.9. The van der Waals surface area contributed by atoms with Crippen LogP contribution in [0.4, 0.5) is 5.69 Å². The molecule has 0 atom stereocenters. The van der Waals surface area contributed by atoms with Gasteiger partial charge in [-0.3, -0.25) is 0 Å². The maximum absolute atomic E-state index is 11.4. The van der Waals surface area contributed by atoms with E-state index in [-0.39, 0.29) is 10.6 Å². The number of hydrogen-bond donors (Lipinski definition) is 3. The van der Waals surface area contributed by atoms with Gasteiger partial charge in [-0.05, 0) is 12.1 Å².